The fraction of sp³-hybridized carbons (Fsp3) is 0. The van der Waals surface area contributed by atoms with E-state index in [-0.39, 0.29) is 5.82 Å². The first kappa shape index (κ1) is 16.2. The Balaban J connectivity index is 1.56. The lowest BCUT2D eigenvalue weighted by atomic mass is 10.2. The van der Waals surface area contributed by atoms with Gasteiger partial charge in [0.05, 0.1) is 17.2 Å². The van der Waals surface area contributed by atoms with E-state index in [1.54, 1.807) is 18.3 Å². The highest BCUT2D eigenvalue weighted by molar-refractivity contribution is 5.93. The second-order valence-corrected chi connectivity index (χ2v) is 6.35. The third kappa shape index (κ3) is 3.09. The number of benzene rings is 3. The second kappa shape index (κ2) is 6.62. The summed E-state index contributed by atoms with van der Waals surface area (Å²) in [6.45, 7) is 0. The maximum absolute atomic E-state index is 13.5. The second-order valence-electron chi connectivity index (χ2n) is 6.35. The average molecular weight is 370 g/mol. The van der Waals surface area contributed by atoms with E-state index in [1.165, 1.54) is 12.1 Å². The molecule has 0 fully saturated rings. The van der Waals surface area contributed by atoms with Crippen LogP contribution in [0, 0.1) is 5.82 Å². The van der Waals surface area contributed by atoms with Crippen LogP contribution in [0.1, 0.15) is 0 Å². The van der Waals surface area contributed by atoms with Crippen molar-refractivity contribution in [1.82, 2.24) is 20.2 Å². The molecule has 0 spiro atoms. The molecular weight excluding hydrogens is 355 g/mol. The zero-order valence-electron chi connectivity index (χ0n) is 14.6. The van der Waals surface area contributed by atoms with E-state index in [0.29, 0.717) is 17.5 Å². The van der Waals surface area contributed by atoms with Crippen LogP contribution in [0.25, 0.3) is 21.8 Å². The predicted molar refractivity (Wildman–Crippen MR) is 109 cm³/mol. The average Bonchev–Trinajstić information content (AvgIpc) is 3.16. The molecule has 2 aromatic heterocycles. The van der Waals surface area contributed by atoms with Crippen LogP contribution in [-0.2, 0) is 0 Å². The van der Waals surface area contributed by atoms with Crippen molar-refractivity contribution in [3.8, 4) is 0 Å². The molecular formula is C21H15FN6. The van der Waals surface area contributed by atoms with Gasteiger partial charge in [-0.05, 0) is 48.5 Å². The molecule has 0 radical (unpaired) electrons. The Morgan fingerprint density at radius 2 is 1.71 bits per heavy atom. The minimum absolute atomic E-state index is 0.322. The SMILES string of the molecule is Fc1cccc(Nc2nc(Nc3ccc4[nH]ncc4c3)c3ccccc3n2)c1. The van der Waals surface area contributed by atoms with Crippen molar-refractivity contribution in [2.24, 2.45) is 0 Å². The summed E-state index contributed by atoms with van der Waals surface area (Å²) in [6.07, 6.45) is 1.77. The van der Waals surface area contributed by atoms with Crippen LogP contribution in [-0.4, -0.2) is 20.2 Å². The van der Waals surface area contributed by atoms with Crippen molar-refractivity contribution in [2.75, 3.05) is 10.6 Å². The van der Waals surface area contributed by atoms with Crippen LogP contribution in [0.5, 0.6) is 0 Å². The summed E-state index contributed by atoms with van der Waals surface area (Å²) in [4.78, 5) is 9.15. The minimum atomic E-state index is -0.322. The molecule has 5 rings (SSSR count). The number of anilines is 4. The fourth-order valence-electron chi connectivity index (χ4n) is 3.08. The van der Waals surface area contributed by atoms with E-state index >= 15 is 0 Å². The van der Waals surface area contributed by atoms with Gasteiger partial charge in [0.1, 0.15) is 11.6 Å². The standard InChI is InChI=1S/C21H15FN6/c22-14-4-3-5-15(11-14)25-21-26-19-7-2-1-6-17(19)20(27-21)24-16-8-9-18-13(10-16)12-23-28-18/h1-12H,(H,23,28)(H2,24,25,26,27). The van der Waals surface area contributed by atoms with E-state index < -0.39 is 0 Å². The van der Waals surface area contributed by atoms with E-state index in [1.807, 2.05) is 42.5 Å². The fourth-order valence-corrected chi connectivity index (χ4v) is 3.08. The maximum Gasteiger partial charge on any atom is 0.229 e. The lowest BCUT2D eigenvalue weighted by Gasteiger charge is -2.12. The van der Waals surface area contributed by atoms with Crippen molar-refractivity contribution >= 4 is 44.9 Å². The van der Waals surface area contributed by atoms with Gasteiger partial charge in [-0.25, -0.2) is 9.37 Å². The van der Waals surface area contributed by atoms with Gasteiger partial charge < -0.3 is 10.6 Å². The zero-order valence-corrected chi connectivity index (χ0v) is 14.6. The molecule has 2 heterocycles. The molecule has 0 aliphatic carbocycles. The highest BCUT2D eigenvalue weighted by atomic mass is 19.1. The van der Waals surface area contributed by atoms with Gasteiger partial charge in [0.25, 0.3) is 0 Å². The number of H-pyrrole nitrogens is 1. The Hall–Kier alpha value is -4.00. The van der Waals surface area contributed by atoms with Crippen molar-refractivity contribution in [2.45, 2.75) is 0 Å². The van der Waals surface area contributed by atoms with Crippen molar-refractivity contribution in [3.05, 3.63) is 78.7 Å². The van der Waals surface area contributed by atoms with Crippen LogP contribution in [0.3, 0.4) is 0 Å². The molecule has 0 atom stereocenters. The Morgan fingerprint density at radius 3 is 2.64 bits per heavy atom. The summed E-state index contributed by atoms with van der Waals surface area (Å²) in [5, 5.41) is 15.3. The molecule has 3 N–H and O–H groups in total. The largest absolute Gasteiger partial charge is 0.340 e. The number of nitrogens with one attached hydrogen (secondary N) is 3. The summed E-state index contributed by atoms with van der Waals surface area (Å²) >= 11 is 0. The highest BCUT2D eigenvalue weighted by Crippen LogP contribution is 2.27. The van der Waals surface area contributed by atoms with Crippen LogP contribution in [0.4, 0.5) is 27.5 Å². The third-order valence-corrected chi connectivity index (χ3v) is 4.39. The van der Waals surface area contributed by atoms with Crippen molar-refractivity contribution < 1.29 is 4.39 Å². The van der Waals surface area contributed by atoms with Gasteiger partial charge in [-0.2, -0.15) is 10.1 Å². The Labute approximate surface area is 159 Å². The van der Waals surface area contributed by atoms with E-state index in [2.05, 4.69) is 30.8 Å². The van der Waals surface area contributed by atoms with Gasteiger partial charge in [0.2, 0.25) is 5.95 Å². The van der Waals surface area contributed by atoms with Crippen LogP contribution in [0.2, 0.25) is 0 Å². The number of hydrogen-bond acceptors (Lipinski definition) is 5. The number of nitrogens with zero attached hydrogens (tertiary/aromatic N) is 3. The normalized spacial score (nSPS) is 11.0. The Bertz CT molecular complexity index is 1300. The quantitative estimate of drug-likeness (QED) is 0.409. The number of para-hydroxylation sites is 1. The number of aromatic nitrogens is 4. The summed E-state index contributed by atoms with van der Waals surface area (Å²) < 4.78 is 13.5. The molecule has 0 unspecified atom stereocenters. The molecule has 0 saturated carbocycles. The smallest absolute Gasteiger partial charge is 0.229 e. The highest BCUT2D eigenvalue weighted by Gasteiger charge is 2.09. The summed E-state index contributed by atoms with van der Waals surface area (Å²) in [5.41, 5.74) is 3.21. The molecule has 7 heteroatoms. The number of fused-ring (bicyclic) bond motifs is 2. The Morgan fingerprint density at radius 1 is 0.821 bits per heavy atom. The monoisotopic (exact) mass is 370 g/mol. The van der Waals surface area contributed by atoms with E-state index in [4.69, 9.17) is 0 Å². The maximum atomic E-state index is 13.5. The molecule has 0 aliphatic rings. The van der Waals surface area contributed by atoms with Gasteiger partial charge in [-0.15, -0.1) is 0 Å². The van der Waals surface area contributed by atoms with E-state index in [9.17, 15) is 4.39 Å². The zero-order chi connectivity index (χ0) is 18.9. The summed E-state index contributed by atoms with van der Waals surface area (Å²) in [7, 11) is 0. The van der Waals surface area contributed by atoms with Crippen LogP contribution in [0.15, 0.2) is 72.9 Å². The van der Waals surface area contributed by atoms with Crippen molar-refractivity contribution in [1.29, 1.82) is 0 Å². The number of rotatable bonds is 4. The first-order valence-corrected chi connectivity index (χ1v) is 8.74. The van der Waals surface area contributed by atoms with E-state index in [0.717, 1.165) is 27.5 Å². The number of aromatic amines is 1. The first-order valence-electron chi connectivity index (χ1n) is 8.74. The van der Waals surface area contributed by atoms with Gasteiger partial charge in [-0.3, -0.25) is 5.10 Å². The van der Waals surface area contributed by atoms with Crippen LogP contribution >= 0.6 is 0 Å². The van der Waals surface area contributed by atoms with Crippen molar-refractivity contribution in [3.63, 3.8) is 0 Å². The Kier molecular flexibility index (Phi) is 3.83. The number of halogens is 1. The molecule has 28 heavy (non-hydrogen) atoms. The minimum Gasteiger partial charge on any atom is -0.340 e. The lowest BCUT2D eigenvalue weighted by molar-refractivity contribution is 0.628. The topological polar surface area (TPSA) is 78.5 Å². The molecule has 6 nitrogen and oxygen atoms in total. The number of hydrogen-bond donors (Lipinski definition) is 3. The first-order chi connectivity index (χ1) is 13.7. The van der Waals surface area contributed by atoms with Gasteiger partial charge >= 0.3 is 0 Å². The molecule has 0 aliphatic heterocycles. The van der Waals surface area contributed by atoms with Crippen LogP contribution < -0.4 is 10.6 Å². The molecule has 0 saturated heterocycles. The molecule has 0 bridgehead atoms. The van der Waals surface area contributed by atoms with Gasteiger partial charge in [-0.1, -0.05) is 18.2 Å². The van der Waals surface area contributed by atoms with Gasteiger partial charge in [0.15, 0.2) is 0 Å². The molecule has 5 aromatic rings. The summed E-state index contributed by atoms with van der Waals surface area (Å²) in [5.74, 6) is 0.723. The summed E-state index contributed by atoms with van der Waals surface area (Å²) in [6, 6.07) is 19.8. The lowest BCUT2D eigenvalue weighted by Crippen LogP contribution is -2.02. The molecule has 0 amide bonds. The predicted octanol–water partition coefficient (Wildman–Crippen LogP) is 5.13. The van der Waals surface area contributed by atoms with Gasteiger partial charge in [0, 0.05) is 22.1 Å². The molecule has 136 valence electrons. The molecule has 3 aromatic carbocycles. The third-order valence-electron chi connectivity index (χ3n) is 4.39.